The molecule has 0 amide bonds. The van der Waals surface area contributed by atoms with Crippen LogP contribution in [0.1, 0.15) is 24.8 Å². The molecule has 0 unspecified atom stereocenters. The van der Waals surface area contributed by atoms with Gasteiger partial charge < -0.3 is 15.2 Å². The van der Waals surface area contributed by atoms with E-state index in [0.717, 1.165) is 37.9 Å². The third-order valence-electron chi connectivity index (χ3n) is 4.90. The lowest BCUT2D eigenvalue weighted by molar-refractivity contribution is 0.346. The molecule has 0 aliphatic carbocycles. The Balaban J connectivity index is 0.00000300. The van der Waals surface area contributed by atoms with Crippen molar-refractivity contribution in [1.29, 1.82) is 0 Å². The number of hydrogen-bond acceptors (Lipinski definition) is 3. The molecule has 1 saturated heterocycles. The summed E-state index contributed by atoms with van der Waals surface area (Å²) in [6.07, 6.45) is 6.98. The Morgan fingerprint density at radius 3 is 2.41 bits per heavy atom. The molecule has 0 saturated carbocycles. The molecule has 1 aromatic carbocycles. The van der Waals surface area contributed by atoms with Gasteiger partial charge in [0, 0.05) is 52.2 Å². The largest absolute Gasteiger partial charge is 0.355 e. The molecule has 2 aromatic rings. The van der Waals surface area contributed by atoms with E-state index < -0.39 is 10.0 Å². The summed E-state index contributed by atoms with van der Waals surface area (Å²) in [6.45, 7) is 3.15. The number of nitrogens with zero attached hydrogens (tertiary/aromatic N) is 3. The van der Waals surface area contributed by atoms with Crippen molar-refractivity contribution >= 4 is 40.0 Å². The molecule has 0 atom stereocenters. The van der Waals surface area contributed by atoms with Crippen LogP contribution in [-0.2, 0) is 23.1 Å². The highest BCUT2D eigenvalue weighted by molar-refractivity contribution is 14.0. The van der Waals surface area contributed by atoms with E-state index >= 15 is 0 Å². The van der Waals surface area contributed by atoms with Crippen LogP contribution >= 0.6 is 24.0 Å². The van der Waals surface area contributed by atoms with Gasteiger partial charge in [0.15, 0.2) is 5.96 Å². The maximum atomic E-state index is 13.1. The van der Waals surface area contributed by atoms with Gasteiger partial charge in [0.2, 0.25) is 10.0 Å². The molecular formula is C20H30IN5O2S. The summed E-state index contributed by atoms with van der Waals surface area (Å²) in [5, 5.41) is 6.49. The van der Waals surface area contributed by atoms with Crippen molar-refractivity contribution in [3.63, 3.8) is 0 Å². The first-order chi connectivity index (χ1) is 13.6. The topological polar surface area (TPSA) is 78.7 Å². The van der Waals surface area contributed by atoms with Crippen LogP contribution in [0.25, 0.3) is 0 Å². The first-order valence-corrected chi connectivity index (χ1v) is 11.2. The van der Waals surface area contributed by atoms with Gasteiger partial charge in [0.05, 0.1) is 4.90 Å². The number of rotatable bonds is 7. The van der Waals surface area contributed by atoms with Crippen molar-refractivity contribution in [2.45, 2.75) is 37.2 Å². The zero-order chi connectivity index (χ0) is 19.8. The molecule has 1 fully saturated rings. The van der Waals surface area contributed by atoms with E-state index in [1.165, 1.54) is 0 Å². The van der Waals surface area contributed by atoms with Gasteiger partial charge in [0.25, 0.3) is 0 Å². The number of benzene rings is 1. The molecule has 0 radical (unpaired) electrons. The number of sulfonamides is 1. The molecule has 7 nitrogen and oxygen atoms in total. The molecule has 160 valence electrons. The maximum absolute atomic E-state index is 13.1. The third kappa shape index (κ3) is 6.45. The average Bonchev–Trinajstić information content (AvgIpc) is 3.25. The molecule has 3 rings (SSSR count). The van der Waals surface area contributed by atoms with Gasteiger partial charge in [0.1, 0.15) is 0 Å². The minimum absolute atomic E-state index is 0. The highest BCUT2D eigenvalue weighted by Crippen LogP contribution is 2.23. The third-order valence-corrected chi connectivity index (χ3v) is 6.90. The average molecular weight is 531 g/mol. The van der Waals surface area contributed by atoms with E-state index in [0.29, 0.717) is 30.5 Å². The Kier molecular flexibility index (Phi) is 9.44. The van der Waals surface area contributed by atoms with Crippen LogP contribution in [-0.4, -0.2) is 49.9 Å². The molecule has 0 bridgehead atoms. The van der Waals surface area contributed by atoms with Gasteiger partial charge in [-0.25, -0.2) is 8.42 Å². The van der Waals surface area contributed by atoms with Crippen molar-refractivity contribution in [2.24, 2.45) is 4.99 Å². The fraction of sp³-hybridized carbons (Fsp3) is 0.450. The van der Waals surface area contributed by atoms with Crippen LogP contribution in [0.15, 0.2) is 58.7 Å². The molecule has 29 heavy (non-hydrogen) atoms. The maximum Gasteiger partial charge on any atom is 0.243 e. The summed E-state index contributed by atoms with van der Waals surface area (Å²) >= 11 is 0. The molecule has 1 aliphatic heterocycles. The zero-order valence-corrected chi connectivity index (χ0v) is 19.9. The van der Waals surface area contributed by atoms with E-state index in [9.17, 15) is 8.42 Å². The van der Waals surface area contributed by atoms with Crippen LogP contribution in [0.2, 0.25) is 0 Å². The normalized spacial score (nSPS) is 15.6. The van der Waals surface area contributed by atoms with Crippen LogP contribution < -0.4 is 10.6 Å². The summed E-state index contributed by atoms with van der Waals surface area (Å²) in [7, 11) is -1.75. The van der Waals surface area contributed by atoms with E-state index in [1.54, 1.807) is 23.5 Å². The molecule has 2 N–H and O–H groups in total. The van der Waals surface area contributed by atoms with Crippen molar-refractivity contribution in [1.82, 2.24) is 19.5 Å². The van der Waals surface area contributed by atoms with Gasteiger partial charge in [-0.15, -0.1) is 24.0 Å². The van der Waals surface area contributed by atoms with Gasteiger partial charge in [-0.05, 0) is 36.6 Å². The van der Waals surface area contributed by atoms with Crippen molar-refractivity contribution < 1.29 is 8.42 Å². The zero-order valence-electron chi connectivity index (χ0n) is 16.8. The van der Waals surface area contributed by atoms with Crippen LogP contribution in [0.5, 0.6) is 0 Å². The van der Waals surface area contributed by atoms with E-state index in [-0.39, 0.29) is 24.0 Å². The number of hydrogen-bond donors (Lipinski definition) is 2. The van der Waals surface area contributed by atoms with Crippen LogP contribution in [0.4, 0.5) is 0 Å². The van der Waals surface area contributed by atoms with E-state index in [2.05, 4.69) is 20.2 Å². The van der Waals surface area contributed by atoms with Crippen molar-refractivity contribution in [2.75, 3.05) is 26.7 Å². The first kappa shape index (κ1) is 23.7. The fourth-order valence-electron chi connectivity index (χ4n) is 3.37. The summed E-state index contributed by atoms with van der Waals surface area (Å²) in [6, 6.07) is 11.2. The van der Waals surface area contributed by atoms with Gasteiger partial charge in [-0.3, -0.25) is 4.99 Å². The predicted molar refractivity (Wildman–Crippen MR) is 127 cm³/mol. The molecule has 2 heterocycles. The molecular weight excluding hydrogens is 501 g/mol. The Hall–Kier alpha value is -1.59. The van der Waals surface area contributed by atoms with Crippen molar-refractivity contribution in [3.8, 4) is 0 Å². The summed E-state index contributed by atoms with van der Waals surface area (Å²) in [4.78, 5) is 4.61. The Labute approximate surface area is 190 Å². The minimum Gasteiger partial charge on any atom is -0.355 e. The Morgan fingerprint density at radius 2 is 1.72 bits per heavy atom. The lowest BCUT2D eigenvalue weighted by Crippen LogP contribution is -2.39. The lowest BCUT2D eigenvalue weighted by Gasteiger charge is -2.27. The predicted octanol–water partition coefficient (Wildman–Crippen LogP) is 2.65. The Morgan fingerprint density at radius 1 is 1.03 bits per heavy atom. The second kappa shape index (κ2) is 11.6. The minimum atomic E-state index is -3.46. The number of aromatic nitrogens is 1. The second-order valence-electron chi connectivity index (χ2n) is 6.85. The number of halogens is 1. The smallest absolute Gasteiger partial charge is 0.243 e. The summed E-state index contributed by atoms with van der Waals surface area (Å²) in [5.74, 6) is 0.650. The lowest BCUT2D eigenvalue weighted by atomic mass is 10.2. The van der Waals surface area contributed by atoms with Crippen molar-refractivity contribution in [3.05, 3.63) is 54.4 Å². The molecule has 9 heteroatoms. The quantitative estimate of drug-likeness (QED) is 0.327. The first-order valence-electron chi connectivity index (χ1n) is 9.74. The van der Waals surface area contributed by atoms with Gasteiger partial charge in [-0.2, -0.15) is 4.31 Å². The summed E-state index contributed by atoms with van der Waals surface area (Å²) in [5.41, 5.74) is 0.751. The molecule has 1 aliphatic rings. The fourth-order valence-corrected chi connectivity index (χ4v) is 5.11. The highest BCUT2D eigenvalue weighted by Gasteiger charge is 2.27. The van der Waals surface area contributed by atoms with Gasteiger partial charge >= 0.3 is 0 Å². The number of nitrogens with one attached hydrogen (secondary N) is 2. The number of aliphatic imine (C=N–C) groups is 1. The Bertz CT molecular complexity index is 878. The molecule has 1 aromatic heterocycles. The van der Waals surface area contributed by atoms with Crippen LogP contribution in [0, 0.1) is 0 Å². The molecule has 0 spiro atoms. The standard InChI is InChI=1S/C20H29N5O2S.HI/c1-21-20(22-11-16-24-12-7-8-13-24)23-17-18-9-3-4-10-19(18)28(26,27)25-14-5-2-6-15-25;/h3-4,7-10,12-13H,2,5-6,11,14-17H2,1H3,(H2,21,22,23);1H. The van der Waals surface area contributed by atoms with E-state index in [1.807, 2.05) is 36.7 Å². The monoisotopic (exact) mass is 531 g/mol. The summed E-state index contributed by atoms with van der Waals surface area (Å²) < 4.78 is 29.8. The SMILES string of the molecule is CN=C(NCCn1cccc1)NCc1ccccc1S(=O)(=O)N1CCCCC1.I. The second-order valence-corrected chi connectivity index (χ2v) is 8.75. The number of piperidine rings is 1. The number of guanidine groups is 1. The van der Waals surface area contributed by atoms with E-state index in [4.69, 9.17) is 0 Å². The van der Waals surface area contributed by atoms with Crippen LogP contribution in [0.3, 0.4) is 0 Å². The van der Waals surface area contributed by atoms with Gasteiger partial charge in [-0.1, -0.05) is 24.6 Å². The highest BCUT2D eigenvalue weighted by atomic mass is 127.